The predicted octanol–water partition coefficient (Wildman–Crippen LogP) is 1.65. The van der Waals surface area contributed by atoms with Crippen LogP contribution in [0.25, 0.3) is 10.9 Å². The van der Waals surface area contributed by atoms with E-state index in [0.717, 1.165) is 25.9 Å². The Morgan fingerprint density at radius 2 is 2.00 bits per heavy atom. The second-order valence-electron chi connectivity index (χ2n) is 6.39. The van der Waals surface area contributed by atoms with Crippen LogP contribution in [0.2, 0.25) is 0 Å². The predicted molar refractivity (Wildman–Crippen MR) is 85.1 cm³/mol. The Bertz CT molecular complexity index is 784. The smallest absolute Gasteiger partial charge is 0.296 e. The molecule has 0 aromatic carbocycles. The zero-order valence-electron chi connectivity index (χ0n) is 13.8. The maximum absolute atomic E-state index is 12.4. The molecule has 1 aliphatic rings. The highest BCUT2D eigenvalue weighted by Gasteiger charge is 2.21. The van der Waals surface area contributed by atoms with Crippen LogP contribution in [0.1, 0.15) is 37.6 Å². The molecule has 7 nitrogen and oxygen atoms in total. The van der Waals surface area contributed by atoms with E-state index in [-0.39, 0.29) is 29.9 Å². The fourth-order valence-corrected chi connectivity index (χ4v) is 3.11. The van der Waals surface area contributed by atoms with Gasteiger partial charge in [0, 0.05) is 19.5 Å². The molecule has 3 heterocycles. The van der Waals surface area contributed by atoms with Crippen LogP contribution in [0.15, 0.2) is 9.32 Å². The lowest BCUT2D eigenvalue weighted by Gasteiger charge is -2.30. The summed E-state index contributed by atoms with van der Waals surface area (Å²) in [6.45, 7) is 7.67. The van der Waals surface area contributed by atoms with Gasteiger partial charge < -0.3 is 9.42 Å². The summed E-state index contributed by atoms with van der Waals surface area (Å²) >= 11 is 0. The second-order valence-corrected chi connectivity index (χ2v) is 6.39. The van der Waals surface area contributed by atoms with E-state index in [2.05, 4.69) is 17.2 Å². The van der Waals surface area contributed by atoms with Gasteiger partial charge in [0.2, 0.25) is 5.91 Å². The number of amides is 1. The van der Waals surface area contributed by atoms with Crippen LogP contribution in [0.5, 0.6) is 0 Å². The summed E-state index contributed by atoms with van der Waals surface area (Å²) < 4.78 is 6.41. The van der Waals surface area contributed by atoms with E-state index in [1.807, 2.05) is 11.8 Å². The number of carbonyl (C=O) groups is 1. The van der Waals surface area contributed by atoms with Crippen LogP contribution >= 0.6 is 0 Å². The molecule has 0 atom stereocenters. The zero-order chi connectivity index (χ0) is 16.6. The molecular formula is C16H22N4O3. The summed E-state index contributed by atoms with van der Waals surface area (Å²) in [5.41, 5.74) is 0.675. The molecular weight excluding hydrogens is 296 g/mol. The van der Waals surface area contributed by atoms with Gasteiger partial charge in [0.25, 0.3) is 5.56 Å². The van der Waals surface area contributed by atoms with E-state index in [0.29, 0.717) is 22.8 Å². The Hall–Kier alpha value is -2.18. The quantitative estimate of drug-likeness (QED) is 0.859. The number of hydrogen-bond acceptors (Lipinski definition) is 5. The molecule has 0 aliphatic carbocycles. The van der Waals surface area contributed by atoms with Crippen molar-refractivity contribution in [3.63, 3.8) is 0 Å². The molecule has 124 valence electrons. The highest BCUT2D eigenvalue weighted by molar-refractivity contribution is 5.81. The fraction of sp³-hybridized carbons (Fsp3) is 0.625. The summed E-state index contributed by atoms with van der Waals surface area (Å²) in [5, 5.41) is 8.79. The third-order valence-electron chi connectivity index (χ3n) is 4.61. The van der Waals surface area contributed by atoms with Gasteiger partial charge >= 0.3 is 0 Å². The van der Waals surface area contributed by atoms with Gasteiger partial charge in [-0.25, -0.2) is 4.68 Å². The van der Waals surface area contributed by atoms with Crippen molar-refractivity contribution in [1.82, 2.24) is 19.8 Å². The minimum Gasteiger partial charge on any atom is -0.360 e. The molecule has 0 bridgehead atoms. The lowest BCUT2D eigenvalue weighted by atomic mass is 9.99. The van der Waals surface area contributed by atoms with Crippen LogP contribution in [-0.4, -0.2) is 38.8 Å². The number of aryl methyl sites for hydroxylation is 3. The lowest BCUT2D eigenvalue weighted by molar-refractivity contribution is -0.132. The van der Waals surface area contributed by atoms with Crippen molar-refractivity contribution in [1.29, 1.82) is 0 Å². The summed E-state index contributed by atoms with van der Waals surface area (Å²) in [6.07, 6.45) is 2.38. The van der Waals surface area contributed by atoms with Crippen molar-refractivity contribution in [2.75, 3.05) is 13.1 Å². The van der Waals surface area contributed by atoms with E-state index in [9.17, 15) is 9.59 Å². The highest BCUT2D eigenvalue weighted by atomic mass is 16.5. The van der Waals surface area contributed by atoms with Crippen molar-refractivity contribution >= 4 is 16.8 Å². The molecule has 1 fully saturated rings. The number of rotatable bonds is 3. The number of hydrogen-bond donors (Lipinski definition) is 0. The largest absolute Gasteiger partial charge is 0.360 e. The molecule has 1 saturated heterocycles. The van der Waals surface area contributed by atoms with Gasteiger partial charge in [0.15, 0.2) is 5.52 Å². The van der Waals surface area contributed by atoms with E-state index >= 15 is 0 Å². The fourth-order valence-electron chi connectivity index (χ4n) is 3.11. The first-order chi connectivity index (χ1) is 11.0. The summed E-state index contributed by atoms with van der Waals surface area (Å²) in [4.78, 5) is 26.6. The first-order valence-corrected chi connectivity index (χ1v) is 8.09. The van der Waals surface area contributed by atoms with Crippen LogP contribution in [0, 0.1) is 19.8 Å². The number of aromatic nitrogens is 3. The standard InChI is InChI=1S/C16H22N4O3/c1-10-4-7-19(8-5-10)13(21)6-9-20-16(22)15-14(11(2)17-20)12(3)23-18-15/h10H,4-9H2,1-3H3. The zero-order valence-corrected chi connectivity index (χ0v) is 13.8. The summed E-state index contributed by atoms with van der Waals surface area (Å²) in [6, 6.07) is 0. The highest BCUT2D eigenvalue weighted by Crippen LogP contribution is 2.18. The van der Waals surface area contributed by atoms with Gasteiger partial charge in [-0.05, 0) is 32.6 Å². The maximum atomic E-state index is 12.4. The monoisotopic (exact) mass is 318 g/mol. The Balaban J connectivity index is 1.73. The number of nitrogens with zero attached hydrogens (tertiary/aromatic N) is 4. The molecule has 2 aromatic rings. The van der Waals surface area contributed by atoms with Crippen LogP contribution in [0.3, 0.4) is 0 Å². The molecule has 0 N–H and O–H groups in total. The molecule has 1 aliphatic heterocycles. The third-order valence-corrected chi connectivity index (χ3v) is 4.61. The number of piperidine rings is 1. The first kappa shape index (κ1) is 15.7. The van der Waals surface area contributed by atoms with E-state index in [4.69, 9.17) is 4.52 Å². The number of carbonyl (C=O) groups excluding carboxylic acids is 1. The Morgan fingerprint density at radius 3 is 2.70 bits per heavy atom. The van der Waals surface area contributed by atoms with Gasteiger partial charge in [-0.1, -0.05) is 12.1 Å². The van der Waals surface area contributed by atoms with Crippen molar-refractivity contribution in [3.05, 3.63) is 21.8 Å². The van der Waals surface area contributed by atoms with Gasteiger partial charge in [0.1, 0.15) is 5.76 Å². The summed E-state index contributed by atoms with van der Waals surface area (Å²) in [7, 11) is 0. The van der Waals surface area contributed by atoms with Gasteiger partial charge in [-0.15, -0.1) is 0 Å². The number of fused-ring (bicyclic) bond motifs is 1. The van der Waals surface area contributed by atoms with Crippen molar-refractivity contribution in [2.24, 2.45) is 5.92 Å². The molecule has 0 saturated carbocycles. The topological polar surface area (TPSA) is 81.2 Å². The van der Waals surface area contributed by atoms with Crippen molar-refractivity contribution in [2.45, 2.75) is 46.6 Å². The molecule has 2 aromatic heterocycles. The van der Waals surface area contributed by atoms with Crippen LogP contribution < -0.4 is 5.56 Å². The van der Waals surface area contributed by atoms with Crippen LogP contribution in [0.4, 0.5) is 0 Å². The molecule has 0 spiro atoms. The average Bonchev–Trinajstić information content (AvgIpc) is 2.92. The Kier molecular flexibility index (Phi) is 4.19. The normalized spacial score (nSPS) is 16.2. The van der Waals surface area contributed by atoms with Crippen LogP contribution in [-0.2, 0) is 11.3 Å². The summed E-state index contributed by atoms with van der Waals surface area (Å²) in [5.74, 6) is 1.36. The molecule has 0 unspecified atom stereocenters. The third kappa shape index (κ3) is 3.00. The van der Waals surface area contributed by atoms with E-state index < -0.39 is 0 Å². The molecule has 0 radical (unpaired) electrons. The second kappa shape index (κ2) is 6.14. The van der Waals surface area contributed by atoms with Gasteiger partial charge in [-0.2, -0.15) is 5.10 Å². The lowest BCUT2D eigenvalue weighted by Crippen LogP contribution is -2.38. The van der Waals surface area contributed by atoms with Gasteiger partial charge in [0.05, 0.1) is 17.6 Å². The maximum Gasteiger partial charge on any atom is 0.296 e. The molecule has 7 heteroatoms. The van der Waals surface area contributed by atoms with Crippen molar-refractivity contribution in [3.8, 4) is 0 Å². The molecule has 1 amide bonds. The number of likely N-dealkylation sites (tertiary alicyclic amines) is 1. The minimum absolute atomic E-state index is 0.0830. The minimum atomic E-state index is -0.303. The molecule has 3 rings (SSSR count). The van der Waals surface area contributed by atoms with E-state index in [1.54, 1.807) is 6.92 Å². The molecule has 23 heavy (non-hydrogen) atoms. The SMILES string of the molecule is Cc1nn(CCC(=O)N2CCC(C)CC2)c(=O)c2noc(C)c12. The van der Waals surface area contributed by atoms with Gasteiger partial charge in [-0.3, -0.25) is 9.59 Å². The van der Waals surface area contributed by atoms with Crippen molar-refractivity contribution < 1.29 is 9.32 Å². The Labute approximate surface area is 134 Å². The first-order valence-electron chi connectivity index (χ1n) is 8.09. The Morgan fingerprint density at radius 1 is 1.30 bits per heavy atom. The van der Waals surface area contributed by atoms with E-state index in [1.165, 1.54) is 4.68 Å². The average molecular weight is 318 g/mol.